The van der Waals surface area contributed by atoms with Crippen LogP contribution in [-0.4, -0.2) is 13.1 Å². The van der Waals surface area contributed by atoms with Crippen LogP contribution in [0.3, 0.4) is 0 Å². The highest BCUT2D eigenvalue weighted by atomic mass is 15.1. The van der Waals surface area contributed by atoms with Gasteiger partial charge in [-0.1, -0.05) is 36.4 Å². The predicted molar refractivity (Wildman–Crippen MR) is 86.2 cm³/mol. The summed E-state index contributed by atoms with van der Waals surface area (Å²) in [7, 11) is 0. The van der Waals surface area contributed by atoms with Crippen LogP contribution in [0.15, 0.2) is 48.5 Å². The molecule has 0 spiro atoms. The van der Waals surface area contributed by atoms with Crippen molar-refractivity contribution in [2.24, 2.45) is 0 Å². The van der Waals surface area contributed by atoms with Crippen molar-refractivity contribution in [3.05, 3.63) is 59.7 Å². The molecule has 0 atom stereocenters. The minimum absolute atomic E-state index is 0.917. The molecule has 0 radical (unpaired) electrons. The second-order valence-electron chi connectivity index (χ2n) is 5.60. The molecule has 2 nitrogen and oxygen atoms in total. The molecular formula is C18H22N2. The number of hydrogen-bond donors (Lipinski definition) is 1. The van der Waals surface area contributed by atoms with Crippen LogP contribution in [0.1, 0.15) is 30.4 Å². The first-order chi connectivity index (χ1) is 9.83. The normalized spacial score (nSPS) is 15.3. The number of nitrogen functional groups attached to an aromatic ring is 1. The fourth-order valence-corrected chi connectivity index (χ4v) is 2.97. The predicted octanol–water partition coefficient (Wildman–Crippen LogP) is 3.85. The van der Waals surface area contributed by atoms with Crippen LogP contribution in [0.4, 0.5) is 11.4 Å². The van der Waals surface area contributed by atoms with E-state index in [0.717, 1.165) is 25.2 Å². The average molecular weight is 266 g/mol. The van der Waals surface area contributed by atoms with Crippen molar-refractivity contribution >= 4 is 11.4 Å². The Morgan fingerprint density at radius 1 is 0.850 bits per heavy atom. The largest absolute Gasteiger partial charge is 0.397 e. The van der Waals surface area contributed by atoms with E-state index in [-0.39, 0.29) is 0 Å². The zero-order chi connectivity index (χ0) is 13.8. The molecule has 1 aliphatic rings. The number of nitrogens with two attached hydrogens (primary N) is 1. The zero-order valence-electron chi connectivity index (χ0n) is 11.9. The molecule has 1 heterocycles. The van der Waals surface area contributed by atoms with E-state index in [9.17, 15) is 0 Å². The lowest BCUT2D eigenvalue weighted by molar-refractivity contribution is 0.578. The van der Waals surface area contributed by atoms with E-state index in [1.807, 2.05) is 0 Å². The van der Waals surface area contributed by atoms with E-state index in [1.165, 1.54) is 36.1 Å². The Bertz CT molecular complexity index is 557. The third-order valence-electron chi connectivity index (χ3n) is 4.04. The Labute approximate surface area is 121 Å². The first kappa shape index (κ1) is 13.0. The molecule has 1 fully saturated rings. The highest BCUT2D eigenvalue weighted by Gasteiger charge is 2.13. The number of nitrogens with zero attached hydrogens (tertiary/aromatic N) is 1. The summed E-state index contributed by atoms with van der Waals surface area (Å²) in [6.45, 7) is 2.28. The van der Waals surface area contributed by atoms with Crippen molar-refractivity contribution in [2.75, 3.05) is 23.7 Å². The molecule has 1 saturated heterocycles. The second-order valence-corrected chi connectivity index (χ2v) is 5.60. The Morgan fingerprint density at radius 3 is 2.30 bits per heavy atom. The fraction of sp³-hybridized carbons (Fsp3) is 0.333. The second kappa shape index (κ2) is 6.00. The van der Waals surface area contributed by atoms with E-state index in [1.54, 1.807) is 0 Å². The molecule has 2 N–H and O–H groups in total. The lowest BCUT2D eigenvalue weighted by atomic mass is 10.0. The highest BCUT2D eigenvalue weighted by Crippen LogP contribution is 2.27. The summed E-state index contributed by atoms with van der Waals surface area (Å²) in [6.07, 6.45) is 4.87. The number of rotatable bonds is 3. The summed E-state index contributed by atoms with van der Waals surface area (Å²) in [6, 6.07) is 17.1. The van der Waals surface area contributed by atoms with Gasteiger partial charge in [-0.3, -0.25) is 0 Å². The van der Waals surface area contributed by atoms with Gasteiger partial charge in [-0.15, -0.1) is 0 Å². The van der Waals surface area contributed by atoms with Crippen molar-refractivity contribution in [1.29, 1.82) is 0 Å². The number of benzene rings is 2. The molecule has 20 heavy (non-hydrogen) atoms. The standard InChI is InChI=1S/C18H22N2/c19-17-14-16(13-15-7-3-1-4-8-15)9-10-18(17)20-11-5-2-6-12-20/h1,3-4,7-10,14H,2,5-6,11-13,19H2. The molecule has 0 unspecified atom stereocenters. The topological polar surface area (TPSA) is 29.3 Å². The Kier molecular flexibility index (Phi) is 3.91. The molecular weight excluding hydrogens is 244 g/mol. The summed E-state index contributed by atoms with van der Waals surface area (Å²) >= 11 is 0. The molecule has 2 aromatic rings. The maximum absolute atomic E-state index is 6.26. The summed E-state index contributed by atoms with van der Waals surface area (Å²) in [5.74, 6) is 0. The van der Waals surface area contributed by atoms with Gasteiger partial charge in [-0.05, 0) is 48.9 Å². The van der Waals surface area contributed by atoms with Crippen molar-refractivity contribution in [2.45, 2.75) is 25.7 Å². The van der Waals surface area contributed by atoms with Crippen LogP contribution in [-0.2, 0) is 6.42 Å². The van der Waals surface area contributed by atoms with E-state index < -0.39 is 0 Å². The Balaban J connectivity index is 1.77. The van der Waals surface area contributed by atoms with Crippen LogP contribution in [0.5, 0.6) is 0 Å². The van der Waals surface area contributed by atoms with Gasteiger partial charge < -0.3 is 10.6 Å². The van der Waals surface area contributed by atoms with E-state index in [2.05, 4.69) is 53.4 Å². The van der Waals surface area contributed by atoms with Gasteiger partial charge in [0.15, 0.2) is 0 Å². The fourth-order valence-electron chi connectivity index (χ4n) is 2.97. The van der Waals surface area contributed by atoms with Crippen LogP contribution in [0.25, 0.3) is 0 Å². The average Bonchev–Trinajstić information content (AvgIpc) is 2.49. The highest BCUT2D eigenvalue weighted by molar-refractivity contribution is 5.68. The van der Waals surface area contributed by atoms with Gasteiger partial charge in [-0.25, -0.2) is 0 Å². The van der Waals surface area contributed by atoms with Crippen molar-refractivity contribution < 1.29 is 0 Å². The number of hydrogen-bond acceptors (Lipinski definition) is 2. The van der Waals surface area contributed by atoms with Gasteiger partial charge in [0.25, 0.3) is 0 Å². The minimum atomic E-state index is 0.917. The Morgan fingerprint density at radius 2 is 1.60 bits per heavy atom. The summed E-state index contributed by atoms with van der Waals surface area (Å²) in [5.41, 5.74) is 11.0. The van der Waals surface area contributed by atoms with Gasteiger partial charge in [0.2, 0.25) is 0 Å². The van der Waals surface area contributed by atoms with Gasteiger partial charge in [-0.2, -0.15) is 0 Å². The van der Waals surface area contributed by atoms with E-state index >= 15 is 0 Å². The molecule has 104 valence electrons. The smallest absolute Gasteiger partial charge is 0.0600 e. The van der Waals surface area contributed by atoms with E-state index in [0.29, 0.717) is 0 Å². The molecule has 0 aromatic heterocycles. The number of anilines is 2. The maximum Gasteiger partial charge on any atom is 0.0600 e. The SMILES string of the molecule is Nc1cc(Cc2ccccc2)ccc1N1CCCCC1. The molecule has 0 amide bonds. The zero-order valence-corrected chi connectivity index (χ0v) is 11.9. The maximum atomic E-state index is 6.26. The van der Waals surface area contributed by atoms with E-state index in [4.69, 9.17) is 5.73 Å². The van der Waals surface area contributed by atoms with Gasteiger partial charge >= 0.3 is 0 Å². The molecule has 1 aliphatic heterocycles. The number of piperidine rings is 1. The van der Waals surface area contributed by atoms with Crippen LogP contribution < -0.4 is 10.6 Å². The molecule has 0 bridgehead atoms. The summed E-state index contributed by atoms with van der Waals surface area (Å²) in [5, 5.41) is 0. The van der Waals surface area contributed by atoms with Gasteiger partial charge in [0, 0.05) is 13.1 Å². The van der Waals surface area contributed by atoms with Gasteiger partial charge in [0.05, 0.1) is 11.4 Å². The lowest BCUT2D eigenvalue weighted by Crippen LogP contribution is -2.30. The first-order valence-electron chi connectivity index (χ1n) is 7.50. The molecule has 3 rings (SSSR count). The van der Waals surface area contributed by atoms with Crippen molar-refractivity contribution in [1.82, 2.24) is 0 Å². The minimum Gasteiger partial charge on any atom is -0.397 e. The first-order valence-corrected chi connectivity index (χ1v) is 7.50. The third-order valence-corrected chi connectivity index (χ3v) is 4.04. The van der Waals surface area contributed by atoms with Crippen LogP contribution in [0.2, 0.25) is 0 Å². The third kappa shape index (κ3) is 2.96. The summed E-state index contributed by atoms with van der Waals surface area (Å²) < 4.78 is 0. The quantitative estimate of drug-likeness (QED) is 0.855. The van der Waals surface area contributed by atoms with Crippen LogP contribution >= 0.6 is 0 Å². The summed E-state index contributed by atoms with van der Waals surface area (Å²) in [4.78, 5) is 2.42. The van der Waals surface area contributed by atoms with Crippen LogP contribution in [0, 0.1) is 0 Å². The Hall–Kier alpha value is -1.96. The molecule has 0 aliphatic carbocycles. The van der Waals surface area contributed by atoms with Crippen molar-refractivity contribution in [3.63, 3.8) is 0 Å². The lowest BCUT2D eigenvalue weighted by Gasteiger charge is -2.30. The van der Waals surface area contributed by atoms with Gasteiger partial charge in [0.1, 0.15) is 0 Å². The van der Waals surface area contributed by atoms with Crippen molar-refractivity contribution in [3.8, 4) is 0 Å². The molecule has 0 saturated carbocycles. The monoisotopic (exact) mass is 266 g/mol. The molecule has 2 heteroatoms. The molecule has 2 aromatic carbocycles.